The van der Waals surface area contributed by atoms with Crippen molar-refractivity contribution in [3.05, 3.63) is 83.0 Å². The van der Waals surface area contributed by atoms with Gasteiger partial charge in [0.05, 0.1) is 12.3 Å². The second-order valence-electron chi connectivity index (χ2n) is 9.67. The molecule has 7 nitrogen and oxygen atoms in total. The summed E-state index contributed by atoms with van der Waals surface area (Å²) in [6, 6.07) is 20.7. The fraction of sp³-hybridized carbons (Fsp3) is 0.414. The molecule has 2 aliphatic heterocycles. The Morgan fingerprint density at radius 1 is 0.892 bits per heavy atom. The minimum Gasteiger partial charge on any atom is -0.378 e. The Kier molecular flexibility index (Phi) is 8.71. The van der Waals surface area contributed by atoms with Gasteiger partial charge in [-0.3, -0.25) is 9.69 Å². The average molecular weight is 518 g/mol. The SMILES string of the molecule is COCc1cc(N2CCN(Cc3ccccc3)CC2)nc(SCc2cccc(C(=O)N3CCCC3)c2)n1. The quantitative estimate of drug-likeness (QED) is 0.307. The Labute approximate surface area is 223 Å². The molecule has 37 heavy (non-hydrogen) atoms. The van der Waals surface area contributed by atoms with E-state index < -0.39 is 0 Å². The Bertz CT molecular complexity index is 1180. The van der Waals surface area contributed by atoms with Crippen LogP contribution in [0.25, 0.3) is 0 Å². The third kappa shape index (κ3) is 6.89. The summed E-state index contributed by atoms with van der Waals surface area (Å²) < 4.78 is 5.39. The number of amides is 1. The lowest BCUT2D eigenvalue weighted by Crippen LogP contribution is -2.46. The summed E-state index contributed by atoms with van der Waals surface area (Å²) in [5.41, 5.74) is 4.11. The van der Waals surface area contributed by atoms with Crippen LogP contribution in [-0.4, -0.2) is 72.1 Å². The molecule has 0 radical (unpaired) electrons. The third-order valence-electron chi connectivity index (χ3n) is 6.92. The van der Waals surface area contributed by atoms with Gasteiger partial charge in [-0.2, -0.15) is 0 Å². The van der Waals surface area contributed by atoms with E-state index in [-0.39, 0.29) is 5.91 Å². The van der Waals surface area contributed by atoms with E-state index >= 15 is 0 Å². The molecule has 3 heterocycles. The van der Waals surface area contributed by atoms with Crippen molar-refractivity contribution < 1.29 is 9.53 Å². The number of aromatic nitrogens is 2. The van der Waals surface area contributed by atoms with Crippen molar-refractivity contribution >= 4 is 23.5 Å². The molecular formula is C29H35N5O2S. The first-order valence-electron chi connectivity index (χ1n) is 13.1. The van der Waals surface area contributed by atoms with Gasteiger partial charge in [-0.15, -0.1) is 0 Å². The maximum atomic E-state index is 12.8. The van der Waals surface area contributed by atoms with E-state index in [0.717, 1.165) is 86.5 Å². The fourth-order valence-electron chi connectivity index (χ4n) is 4.93. The summed E-state index contributed by atoms with van der Waals surface area (Å²) >= 11 is 1.61. The summed E-state index contributed by atoms with van der Waals surface area (Å²) in [7, 11) is 1.69. The van der Waals surface area contributed by atoms with Gasteiger partial charge in [0.2, 0.25) is 0 Å². The number of piperazine rings is 1. The zero-order valence-electron chi connectivity index (χ0n) is 21.5. The normalized spacial score (nSPS) is 16.4. The highest BCUT2D eigenvalue weighted by Crippen LogP contribution is 2.25. The van der Waals surface area contributed by atoms with Gasteiger partial charge in [-0.1, -0.05) is 54.2 Å². The molecule has 1 amide bonds. The van der Waals surface area contributed by atoms with E-state index in [1.807, 2.05) is 23.1 Å². The Morgan fingerprint density at radius 3 is 2.41 bits per heavy atom. The number of thioether (sulfide) groups is 1. The summed E-state index contributed by atoms with van der Waals surface area (Å²) in [6.07, 6.45) is 2.20. The van der Waals surface area contributed by atoms with Crippen molar-refractivity contribution in [1.82, 2.24) is 19.8 Å². The number of ether oxygens (including phenoxy) is 1. The molecule has 0 unspecified atom stereocenters. The smallest absolute Gasteiger partial charge is 0.253 e. The molecule has 0 bridgehead atoms. The van der Waals surface area contributed by atoms with Gasteiger partial charge in [0, 0.05) is 70.3 Å². The minimum atomic E-state index is 0.136. The van der Waals surface area contributed by atoms with Gasteiger partial charge >= 0.3 is 0 Å². The Morgan fingerprint density at radius 2 is 1.65 bits per heavy atom. The second-order valence-corrected chi connectivity index (χ2v) is 10.6. The Hall–Kier alpha value is -2.94. The first-order valence-corrected chi connectivity index (χ1v) is 14.1. The van der Waals surface area contributed by atoms with Gasteiger partial charge in [-0.25, -0.2) is 9.97 Å². The molecule has 8 heteroatoms. The highest BCUT2D eigenvalue weighted by atomic mass is 32.2. The van der Waals surface area contributed by atoms with Crippen LogP contribution in [-0.2, 0) is 23.6 Å². The predicted octanol–water partition coefficient (Wildman–Crippen LogP) is 4.47. The summed E-state index contributed by atoms with van der Waals surface area (Å²) in [5.74, 6) is 1.81. The molecule has 2 saturated heterocycles. The lowest BCUT2D eigenvalue weighted by molar-refractivity contribution is 0.0792. The van der Waals surface area contributed by atoms with Gasteiger partial charge < -0.3 is 14.5 Å². The van der Waals surface area contributed by atoms with Crippen LogP contribution in [0.15, 0.2) is 65.8 Å². The maximum Gasteiger partial charge on any atom is 0.253 e. The third-order valence-corrected chi connectivity index (χ3v) is 7.84. The van der Waals surface area contributed by atoms with E-state index in [1.165, 1.54) is 5.56 Å². The first kappa shape index (κ1) is 25.7. The maximum absolute atomic E-state index is 12.8. The molecule has 0 N–H and O–H groups in total. The lowest BCUT2D eigenvalue weighted by Gasteiger charge is -2.35. The number of carbonyl (C=O) groups is 1. The number of carbonyl (C=O) groups excluding carboxylic acids is 1. The number of rotatable bonds is 9. The number of nitrogens with zero attached hydrogens (tertiary/aromatic N) is 5. The molecule has 5 rings (SSSR count). The van der Waals surface area contributed by atoms with Crippen LogP contribution in [0.3, 0.4) is 0 Å². The first-order chi connectivity index (χ1) is 18.2. The van der Waals surface area contributed by atoms with Crippen molar-refractivity contribution in [1.29, 1.82) is 0 Å². The van der Waals surface area contributed by atoms with Gasteiger partial charge in [0.15, 0.2) is 5.16 Å². The molecule has 3 aromatic rings. The summed E-state index contributed by atoms with van der Waals surface area (Å²) in [6.45, 7) is 7.02. The van der Waals surface area contributed by atoms with Crippen LogP contribution in [0, 0.1) is 0 Å². The van der Waals surface area contributed by atoms with Crippen molar-refractivity contribution in [3.63, 3.8) is 0 Å². The molecule has 0 saturated carbocycles. The molecule has 2 fully saturated rings. The molecule has 1 aromatic heterocycles. The van der Waals surface area contributed by atoms with Gasteiger partial charge in [0.25, 0.3) is 5.91 Å². The molecule has 0 aliphatic carbocycles. The van der Waals surface area contributed by atoms with E-state index in [1.54, 1.807) is 18.9 Å². The van der Waals surface area contributed by atoms with Crippen molar-refractivity contribution in [2.75, 3.05) is 51.3 Å². The number of methoxy groups -OCH3 is 1. The van der Waals surface area contributed by atoms with E-state index in [0.29, 0.717) is 12.4 Å². The second kappa shape index (κ2) is 12.5. The number of likely N-dealkylation sites (tertiary alicyclic amines) is 1. The largest absolute Gasteiger partial charge is 0.378 e. The number of hydrogen-bond acceptors (Lipinski definition) is 7. The predicted molar refractivity (Wildman–Crippen MR) is 148 cm³/mol. The lowest BCUT2D eigenvalue weighted by atomic mass is 10.1. The molecule has 2 aromatic carbocycles. The van der Waals surface area contributed by atoms with Crippen LogP contribution >= 0.6 is 11.8 Å². The van der Waals surface area contributed by atoms with Crippen LogP contribution in [0.4, 0.5) is 5.82 Å². The standard InChI is InChI=1S/C29H35N5O2S/c1-36-21-26-19-27(33-16-14-32(15-17-33)20-23-8-3-2-4-9-23)31-29(30-26)37-22-24-10-7-11-25(18-24)28(35)34-12-5-6-13-34/h2-4,7-11,18-19H,5-6,12-17,20-22H2,1H3. The van der Waals surface area contributed by atoms with Crippen LogP contribution < -0.4 is 4.90 Å². The van der Waals surface area contributed by atoms with Gasteiger partial charge in [-0.05, 0) is 36.1 Å². The minimum absolute atomic E-state index is 0.136. The molecule has 194 valence electrons. The zero-order valence-corrected chi connectivity index (χ0v) is 22.3. The number of benzene rings is 2. The molecule has 0 spiro atoms. The van der Waals surface area contributed by atoms with Crippen molar-refractivity contribution in [2.45, 2.75) is 36.9 Å². The van der Waals surface area contributed by atoms with E-state index in [2.05, 4.69) is 52.3 Å². The highest BCUT2D eigenvalue weighted by Gasteiger charge is 2.21. The summed E-state index contributed by atoms with van der Waals surface area (Å²) in [5, 5.41) is 0.743. The molecule has 2 aliphatic rings. The van der Waals surface area contributed by atoms with E-state index in [4.69, 9.17) is 14.7 Å². The van der Waals surface area contributed by atoms with E-state index in [9.17, 15) is 4.79 Å². The fourth-order valence-corrected chi connectivity index (χ4v) is 5.74. The monoisotopic (exact) mass is 517 g/mol. The number of anilines is 1. The van der Waals surface area contributed by atoms with Crippen molar-refractivity contribution in [3.8, 4) is 0 Å². The van der Waals surface area contributed by atoms with Gasteiger partial charge in [0.1, 0.15) is 5.82 Å². The van der Waals surface area contributed by atoms with Crippen LogP contribution in [0.5, 0.6) is 0 Å². The van der Waals surface area contributed by atoms with Crippen LogP contribution in [0.2, 0.25) is 0 Å². The molecule has 0 atom stereocenters. The Balaban J connectivity index is 1.23. The highest BCUT2D eigenvalue weighted by molar-refractivity contribution is 7.98. The average Bonchev–Trinajstić information content (AvgIpc) is 3.48. The zero-order chi connectivity index (χ0) is 25.5. The molecular weight excluding hydrogens is 482 g/mol. The van der Waals surface area contributed by atoms with Crippen LogP contribution in [0.1, 0.15) is 40.0 Å². The van der Waals surface area contributed by atoms with Crippen molar-refractivity contribution in [2.24, 2.45) is 0 Å². The summed E-state index contributed by atoms with van der Waals surface area (Å²) in [4.78, 5) is 29.3. The number of hydrogen-bond donors (Lipinski definition) is 0. The topological polar surface area (TPSA) is 61.8 Å².